The van der Waals surface area contributed by atoms with Crippen molar-refractivity contribution in [2.45, 2.75) is 68.7 Å². The number of fused-ring (bicyclic) bond motifs is 1. The standard InChI is InChI=1S/C16H20O5/c1-8-5-14(18-4)10(9(2)12(17)20-14)6-15-13(3,21-15)7-11-16(8,15)19-11/h8,11H,5-7H2,1-4H3. The van der Waals surface area contributed by atoms with Gasteiger partial charge in [-0.05, 0) is 19.8 Å². The molecule has 0 amide bonds. The van der Waals surface area contributed by atoms with E-state index in [1.54, 1.807) is 7.11 Å². The third kappa shape index (κ3) is 1.04. The highest BCUT2D eigenvalue weighted by Crippen LogP contribution is 2.79. The summed E-state index contributed by atoms with van der Waals surface area (Å²) in [5.41, 5.74) is 1.01. The Labute approximate surface area is 123 Å². The quantitative estimate of drug-likeness (QED) is 0.544. The van der Waals surface area contributed by atoms with Crippen LogP contribution in [0.1, 0.15) is 40.0 Å². The lowest BCUT2D eigenvalue weighted by atomic mass is 9.78. The fourth-order valence-corrected chi connectivity index (χ4v) is 5.54. The van der Waals surface area contributed by atoms with Crippen LogP contribution >= 0.6 is 0 Å². The van der Waals surface area contributed by atoms with Gasteiger partial charge in [0, 0.05) is 37.5 Å². The molecule has 0 aromatic heterocycles. The van der Waals surface area contributed by atoms with Crippen molar-refractivity contribution < 1.29 is 23.7 Å². The lowest BCUT2D eigenvalue weighted by Gasteiger charge is -2.30. The van der Waals surface area contributed by atoms with E-state index in [-0.39, 0.29) is 34.8 Å². The summed E-state index contributed by atoms with van der Waals surface area (Å²) in [6.45, 7) is 6.17. The third-order valence-corrected chi connectivity index (χ3v) is 6.72. The molecule has 0 aromatic rings. The average Bonchev–Trinajstić information content (AvgIpc) is 3.26. The number of carbonyl (C=O) groups excluding carboxylic acids is 1. The number of esters is 1. The Morgan fingerprint density at radius 2 is 2.10 bits per heavy atom. The molecule has 5 rings (SSSR count). The largest absolute Gasteiger partial charge is 0.426 e. The topological polar surface area (TPSA) is 60.6 Å². The highest BCUT2D eigenvalue weighted by molar-refractivity contribution is 5.92. The van der Waals surface area contributed by atoms with Crippen LogP contribution < -0.4 is 0 Å². The van der Waals surface area contributed by atoms with Crippen LogP contribution in [0.25, 0.3) is 0 Å². The van der Waals surface area contributed by atoms with Crippen molar-refractivity contribution in [3.8, 4) is 0 Å². The fourth-order valence-electron chi connectivity index (χ4n) is 5.54. The van der Waals surface area contributed by atoms with Gasteiger partial charge in [-0.15, -0.1) is 0 Å². The summed E-state index contributed by atoms with van der Waals surface area (Å²) in [5.74, 6) is -0.958. The smallest absolute Gasteiger partial charge is 0.336 e. The molecule has 5 heteroatoms. The average molecular weight is 292 g/mol. The monoisotopic (exact) mass is 292 g/mol. The van der Waals surface area contributed by atoms with E-state index in [0.29, 0.717) is 18.4 Å². The Balaban J connectivity index is 1.70. The van der Waals surface area contributed by atoms with Crippen molar-refractivity contribution in [1.29, 1.82) is 0 Å². The zero-order chi connectivity index (χ0) is 14.8. The van der Waals surface area contributed by atoms with Crippen molar-refractivity contribution in [3.63, 3.8) is 0 Å². The van der Waals surface area contributed by atoms with E-state index in [9.17, 15) is 4.79 Å². The summed E-state index contributed by atoms with van der Waals surface area (Å²) in [6, 6.07) is 0. The Morgan fingerprint density at radius 3 is 2.81 bits per heavy atom. The predicted octanol–water partition coefficient (Wildman–Crippen LogP) is 1.70. The highest BCUT2D eigenvalue weighted by Gasteiger charge is 2.93. The van der Waals surface area contributed by atoms with Crippen LogP contribution in [0.5, 0.6) is 0 Å². The predicted molar refractivity (Wildman–Crippen MR) is 71.4 cm³/mol. The summed E-state index contributed by atoms with van der Waals surface area (Å²) in [5, 5.41) is 0. The molecule has 3 aliphatic heterocycles. The van der Waals surface area contributed by atoms with E-state index < -0.39 is 5.79 Å². The lowest BCUT2D eigenvalue weighted by molar-refractivity contribution is -0.198. The van der Waals surface area contributed by atoms with E-state index in [1.165, 1.54) is 0 Å². The first-order valence-corrected chi connectivity index (χ1v) is 7.71. The van der Waals surface area contributed by atoms with Gasteiger partial charge in [-0.2, -0.15) is 0 Å². The van der Waals surface area contributed by atoms with Gasteiger partial charge in [0.1, 0.15) is 16.8 Å². The van der Waals surface area contributed by atoms with Gasteiger partial charge in [0.25, 0.3) is 0 Å². The number of epoxide rings is 2. The zero-order valence-corrected chi connectivity index (χ0v) is 12.8. The van der Waals surface area contributed by atoms with Gasteiger partial charge in [-0.25, -0.2) is 4.79 Å². The molecule has 6 unspecified atom stereocenters. The molecule has 0 aromatic carbocycles. The number of hydrogen-bond acceptors (Lipinski definition) is 5. The van der Waals surface area contributed by atoms with Gasteiger partial charge in [0.15, 0.2) is 0 Å². The van der Waals surface area contributed by atoms with Gasteiger partial charge in [-0.3, -0.25) is 0 Å². The summed E-state index contributed by atoms with van der Waals surface area (Å²) < 4.78 is 23.7. The zero-order valence-electron chi connectivity index (χ0n) is 12.8. The van der Waals surface area contributed by atoms with Crippen LogP contribution in [0.2, 0.25) is 0 Å². The fraction of sp³-hybridized carbons (Fsp3) is 0.812. The molecule has 5 aliphatic rings. The Bertz CT molecular complexity index is 626. The van der Waals surface area contributed by atoms with E-state index in [1.807, 2.05) is 6.92 Å². The SMILES string of the molecule is COC12CC(C)C34OC3CC3(C)OC34CC1=C(C)C(=O)O2. The van der Waals surface area contributed by atoms with Crippen LogP contribution in [-0.2, 0) is 23.7 Å². The lowest BCUT2D eigenvalue weighted by Crippen LogP contribution is -2.41. The first-order chi connectivity index (χ1) is 9.84. The number of rotatable bonds is 1. The molecule has 4 fully saturated rings. The number of ether oxygens (including phenoxy) is 4. The molecule has 0 bridgehead atoms. The van der Waals surface area contributed by atoms with Crippen molar-refractivity contribution in [3.05, 3.63) is 11.1 Å². The molecule has 21 heavy (non-hydrogen) atoms. The Morgan fingerprint density at radius 1 is 1.33 bits per heavy atom. The molecular formula is C16H20O5. The molecule has 6 atom stereocenters. The van der Waals surface area contributed by atoms with Gasteiger partial charge < -0.3 is 18.9 Å². The molecule has 0 radical (unpaired) electrons. The minimum absolute atomic E-state index is 0.118. The minimum atomic E-state index is -0.919. The highest BCUT2D eigenvalue weighted by atomic mass is 16.7. The summed E-state index contributed by atoms with van der Waals surface area (Å²) in [6.07, 6.45) is 2.56. The van der Waals surface area contributed by atoms with Crippen molar-refractivity contribution in [1.82, 2.24) is 0 Å². The Hall–Kier alpha value is -0.910. The molecule has 0 N–H and O–H groups in total. The molecular weight excluding hydrogens is 272 g/mol. The van der Waals surface area contributed by atoms with Crippen LogP contribution in [0.3, 0.4) is 0 Å². The second kappa shape index (κ2) is 3.07. The third-order valence-electron chi connectivity index (χ3n) is 6.72. The van der Waals surface area contributed by atoms with E-state index >= 15 is 0 Å². The van der Waals surface area contributed by atoms with Crippen molar-refractivity contribution >= 4 is 5.97 Å². The van der Waals surface area contributed by atoms with Gasteiger partial charge in [0.2, 0.25) is 5.79 Å². The van der Waals surface area contributed by atoms with Gasteiger partial charge in [0.05, 0.1) is 6.10 Å². The summed E-state index contributed by atoms with van der Waals surface area (Å²) in [4.78, 5) is 12.1. The van der Waals surface area contributed by atoms with Crippen LogP contribution in [-0.4, -0.2) is 41.8 Å². The maximum Gasteiger partial charge on any atom is 0.336 e. The van der Waals surface area contributed by atoms with E-state index in [0.717, 1.165) is 12.0 Å². The van der Waals surface area contributed by atoms with Crippen molar-refractivity contribution in [2.75, 3.05) is 7.11 Å². The first kappa shape index (κ1) is 12.6. The van der Waals surface area contributed by atoms with E-state index in [4.69, 9.17) is 18.9 Å². The molecule has 2 saturated carbocycles. The van der Waals surface area contributed by atoms with Gasteiger partial charge >= 0.3 is 5.97 Å². The molecule has 114 valence electrons. The molecule has 2 aliphatic carbocycles. The maximum absolute atomic E-state index is 12.1. The normalized spacial score (nSPS) is 59.7. The molecule has 5 nitrogen and oxygen atoms in total. The molecule has 2 spiro atoms. The van der Waals surface area contributed by atoms with Gasteiger partial charge in [-0.1, -0.05) is 6.92 Å². The van der Waals surface area contributed by atoms with Crippen LogP contribution in [0.15, 0.2) is 11.1 Å². The Kier molecular flexibility index (Phi) is 1.85. The van der Waals surface area contributed by atoms with Crippen molar-refractivity contribution in [2.24, 2.45) is 5.92 Å². The molecule has 2 saturated heterocycles. The van der Waals surface area contributed by atoms with Crippen LogP contribution in [0.4, 0.5) is 0 Å². The summed E-state index contributed by atoms with van der Waals surface area (Å²) >= 11 is 0. The molecule has 3 heterocycles. The number of methoxy groups -OCH3 is 1. The van der Waals surface area contributed by atoms with Crippen LogP contribution in [0, 0.1) is 5.92 Å². The second-order valence-electron chi connectivity index (χ2n) is 7.50. The minimum Gasteiger partial charge on any atom is -0.426 e. The number of hydrogen-bond donors (Lipinski definition) is 0. The summed E-state index contributed by atoms with van der Waals surface area (Å²) in [7, 11) is 1.62. The second-order valence-corrected chi connectivity index (χ2v) is 7.50. The number of carbonyl (C=O) groups is 1. The first-order valence-electron chi connectivity index (χ1n) is 7.71. The maximum atomic E-state index is 12.1. The van der Waals surface area contributed by atoms with E-state index in [2.05, 4.69) is 13.8 Å².